The Morgan fingerprint density at radius 3 is 2.43 bits per heavy atom. The van der Waals surface area contributed by atoms with Gasteiger partial charge in [0.1, 0.15) is 12.7 Å². The van der Waals surface area contributed by atoms with E-state index in [1.165, 1.54) is 0 Å². The summed E-state index contributed by atoms with van der Waals surface area (Å²) in [6.45, 7) is 7.82. The minimum atomic E-state index is -4.64. The molecule has 0 amide bonds. The van der Waals surface area contributed by atoms with Crippen LogP contribution in [0.4, 0.5) is 0 Å². The fourth-order valence-electron chi connectivity index (χ4n) is 6.16. The molecule has 9 nitrogen and oxygen atoms in total. The molecule has 10 heteroatoms. The average molecular weight is 510 g/mol. The Balaban J connectivity index is 0.000000497. The summed E-state index contributed by atoms with van der Waals surface area (Å²) < 4.78 is 41.7. The number of ether oxygens (including phenoxy) is 1. The highest BCUT2D eigenvalue weighted by atomic mass is 32.3. The van der Waals surface area contributed by atoms with Gasteiger partial charge in [0.05, 0.1) is 18.3 Å². The second kappa shape index (κ2) is 10.9. The Bertz CT molecular complexity index is 1020. The molecule has 3 fully saturated rings. The Hall–Kier alpha value is -2.11. The summed E-state index contributed by atoms with van der Waals surface area (Å²) in [4.78, 5) is 15.6. The van der Waals surface area contributed by atoms with Gasteiger partial charge in [-0.25, -0.2) is 8.98 Å². The lowest BCUT2D eigenvalue weighted by Gasteiger charge is -2.60. The van der Waals surface area contributed by atoms with Gasteiger partial charge in [-0.2, -0.15) is 8.42 Å². The maximum atomic E-state index is 11.8. The summed E-state index contributed by atoms with van der Waals surface area (Å²) in [5.74, 6) is -0.590. The zero-order chi connectivity index (χ0) is 25.9. The van der Waals surface area contributed by atoms with Crippen molar-refractivity contribution in [2.45, 2.75) is 58.2 Å². The van der Waals surface area contributed by atoms with Gasteiger partial charge in [0.15, 0.2) is 0 Å². The molecular weight excluding hydrogens is 474 g/mol. The molecule has 3 aliphatic rings. The third kappa shape index (κ3) is 6.00. The lowest BCUT2D eigenvalue weighted by molar-refractivity contribution is -0.142. The highest BCUT2D eigenvalue weighted by Crippen LogP contribution is 2.62. The molecule has 0 spiro atoms. The van der Waals surface area contributed by atoms with E-state index in [2.05, 4.69) is 18.5 Å². The van der Waals surface area contributed by atoms with Crippen LogP contribution in [0.3, 0.4) is 0 Å². The van der Waals surface area contributed by atoms with Crippen LogP contribution in [0, 0.1) is 22.7 Å². The van der Waals surface area contributed by atoms with Crippen molar-refractivity contribution in [3.8, 4) is 0 Å². The summed E-state index contributed by atoms with van der Waals surface area (Å²) in [6.07, 6.45) is 6.37. The van der Waals surface area contributed by atoms with Gasteiger partial charge in [-0.05, 0) is 61.5 Å². The summed E-state index contributed by atoms with van der Waals surface area (Å²) in [5, 5.41) is 20.2. The highest BCUT2D eigenvalue weighted by Gasteiger charge is 2.58. The maximum absolute atomic E-state index is 11.8. The number of esters is 1. The normalized spacial score (nSPS) is 36.2. The Labute approximate surface area is 206 Å². The molecule has 2 aliphatic carbocycles. The van der Waals surface area contributed by atoms with E-state index in [1.807, 2.05) is 18.2 Å². The van der Waals surface area contributed by atoms with Crippen molar-refractivity contribution in [3.63, 3.8) is 0 Å². The lowest BCUT2D eigenvalue weighted by Crippen LogP contribution is -2.58. The van der Waals surface area contributed by atoms with E-state index in [1.54, 1.807) is 25.4 Å². The van der Waals surface area contributed by atoms with Crippen molar-refractivity contribution in [2.24, 2.45) is 22.7 Å². The second-order valence-corrected chi connectivity index (χ2v) is 11.1. The largest absolute Gasteiger partial charge is 0.459 e. The number of aromatic nitrogens is 1. The van der Waals surface area contributed by atoms with Gasteiger partial charge in [-0.15, -0.1) is 0 Å². The van der Waals surface area contributed by atoms with E-state index in [-0.39, 0.29) is 36.0 Å². The first-order valence-corrected chi connectivity index (χ1v) is 13.1. The van der Waals surface area contributed by atoms with E-state index in [9.17, 15) is 28.0 Å². The van der Waals surface area contributed by atoms with E-state index in [0.717, 1.165) is 12.0 Å². The molecule has 2 heterocycles. The number of pyridine rings is 1. The highest BCUT2D eigenvalue weighted by molar-refractivity contribution is 7.80. The quantitative estimate of drug-likeness (QED) is 0.236. The van der Waals surface area contributed by atoms with Gasteiger partial charge >= 0.3 is 16.4 Å². The van der Waals surface area contributed by atoms with Gasteiger partial charge in [-0.3, -0.25) is 9.54 Å². The molecule has 6 atom stereocenters. The second-order valence-electron chi connectivity index (χ2n) is 10.1. The van der Waals surface area contributed by atoms with E-state index >= 15 is 0 Å². The first-order valence-electron chi connectivity index (χ1n) is 11.8. The van der Waals surface area contributed by atoms with Crippen LogP contribution < -0.4 is 0 Å². The van der Waals surface area contributed by atoms with E-state index < -0.39 is 34.0 Å². The number of cyclic esters (lactones) is 1. The van der Waals surface area contributed by atoms with Crippen molar-refractivity contribution >= 4 is 16.4 Å². The van der Waals surface area contributed by atoms with Gasteiger partial charge in [0.2, 0.25) is 0 Å². The van der Waals surface area contributed by atoms with Crippen molar-refractivity contribution in [1.82, 2.24) is 4.98 Å². The van der Waals surface area contributed by atoms with Crippen LogP contribution in [-0.2, 0) is 24.1 Å². The molecular formula is C25H35NO8S. The SMILES string of the molecule is C=C1CC[C@@H]2[C@](C)(CO)[C@H](OS(=O)(=O)O)CC[C@@]2(C)[C@@H]1C/C=C1/C(=O)OC[C@H]1O.c1ccncc1. The number of nitrogens with zero attached hydrogens (tertiary/aromatic N) is 1. The maximum Gasteiger partial charge on any atom is 0.397 e. The molecule has 1 aromatic rings. The summed E-state index contributed by atoms with van der Waals surface area (Å²) in [6, 6.07) is 5.72. The molecule has 1 aromatic heterocycles. The molecule has 0 bridgehead atoms. The van der Waals surface area contributed by atoms with Crippen LogP contribution in [0.5, 0.6) is 0 Å². The number of hydrogen-bond acceptors (Lipinski definition) is 8. The molecule has 0 radical (unpaired) electrons. The third-order valence-corrected chi connectivity index (χ3v) is 8.48. The average Bonchev–Trinajstić information content (AvgIpc) is 3.13. The fourth-order valence-corrected chi connectivity index (χ4v) is 6.77. The predicted octanol–water partition coefficient (Wildman–Crippen LogP) is 2.87. The standard InChI is InChI=1S/C20H30O8S.C5H5N/c1-12-4-7-16-19(2,14(12)6-5-13-15(22)10-27-18(13)23)9-8-17(20(16,3)11-21)28-29(24,25)26;1-2-4-6-5-3-1/h5,14-17,21-22H,1,4,6-11H2,2-3H3,(H,24,25,26);1-5H/b13-5+;/t14-,15-,16+,17-,19+,20+;/m1./s1. The number of carbonyl (C=O) groups is 1. The molecule has 3 N–H and O–H groups in total. The zero-order valence-electron chi connectivity index (χ0n) is 20.2. The third-order valence-electron chi connectivity index (χ3n) is 8.00. The Morgan fingerprint density at radius 1 is 1.26 bits per heavy atom. The summed E-state index contributed by atoms with van der Waals surface area (Å²) in [7, 11) is -4.64. The molecule has 4 rings (SSSR count). The van der Waals surface area contributed by atoms with Crippen molar-refractivity contribution in [3.05, 3.63) is 54.4 Å². The van der Waals surface area contributed by atoms with Crippen LogP contribution in [0.2, 0.25) is 0 Å². The van der Waals surface area contributed by atoms with Crippen molar-refractivity contribution < 1.29 is 36.9 Å². The number of carbonyl (C=O) groups excluding carboxylic acids is 1. The topological polar surface area (TPSA) is 143 Å². The van der Waals surface area contributed by atoms with E-state index in [0.29, 0.717) is 25.7 Å². The minimum absolute atomic E-state index is 0.00749. The number of aliphatic hydroxyl groups excluding tert-OH is 2. The first-order chi connectivity index (χ1) is 16.4. The molecule has 35 heavy (non-hydrogen) atoms. The van der Waals surface area contributed by atoms with Crippen LogP contribution in [-0.4, -0.2) is 59.6 Å². The predicted molar refractivity (Wildman–Crippen MR) is 128 cm³/mol. The number of allylic oxidation sites excluding steroid dienone is 2. The molecule has 194 valence electrons. The summed E-state index contributed by atoms with van der Waals surface area (Å²) >= 11 is 0. The molecule has 1 aliphatic heterocycles. The number of aliphatic hydroxyl groups is 2. The van der Waals surface area contributed by atoms with Crippen molar-refractivity contribution in [1.29, 1.82) is 0 Å². The first kappa shape index (κ1) is 27.5. The number of fused-ring (bicyclic) bond motifs is 1. The fraction of sp³-hybridized carbons (Fsp3) is 0.600. The molecule has 0 unspecified atom stereocenters. The van der Waals surface area contributed by atoms with E-state index in [4.69, 9.17) is 8.92 Å². The van der Waals surface area contributed by atoms with Crippen LogP contribution in [0.1, 0.15) is 46.0 Å². The zero-order valence-corrected chi connectivity index (χ0v) is 21.0. The minimum Gasteiger partial charge on any atom is -0.459 e. The molecule has 2 saturated carbocycles. The number of rotatable bonds is 5. The van der Waals surface area contributed by atoms with Crippen LogP contribution in [0.15, 0.2) is 54.4 Å². The van der Waals surface area contributed by atoms with Gasteiger partial charge < -0.3 is 14.9 Å². The molecule has 0 aromatic carbocycles. The van der Waals surface area contributed by atoms with Crippen molar-refractivity contribution in [2.75, 3.05) is 13.2 Å². The molecule has 1 saturated heterocycles. The summed E-state index contributed by atoms with van der Waals surface area (Å²) in [5.41, 5.74) is 0.129. The van der Waals surface area contributed by atoms with Gasteiger partial charge in [0.25, 0.3) is 0 Å². The van der Waals surface area contributed by atoms with Gasteiger partial charge in [0, 0.05) is 17.8 Å². The Kier molecular flexibility index (Phi) is 8.54. The van der Waals surface area contributed by atoms with Gasteiger partial charge in [-0.1, -0.05) is 38.1 Å². The van der Waals surface area contributed by atoms with Crippen LogP contribution in [0.25, 0.3) is 0 Å². The Morgan fingerprint density at radius 2 is 1.94 bits per heavy atom. The van der Waals surface area contributed by atoms with Crippen LogP contribution >= 0.6 is 0 Å². The monoisotopic (exact) mass is 509 g/mol. The smallest absolute Gasteiger partial charge is 0.397 e. The number of hydrogen-bond donors (Lipinski definition) is 3. The lowest BCUT2D eigenvalue weighted by atomic mass is 9.46.